The summed E-state index contributed by atoms with van der Waals surface area (Å²) in [4.78, 5) is 2.16. The van der Waals surface area contributed by atoms with Gasteiger partial charge >= 0.3 is 0 Å². The van der Waals surface area contributed by atoms with Gasteiger partial charge < -0.3 is 20.1 Å². The van der Waals surface area contributed by atoms with E-state index < -0.39 is 0 Å². The van der Waals surface area contributed by atoms with Crippen LogP contribution in [0.2, 0.25) is 0 Å². The average molecular weight is 188 g/mol. The van der Waals surface area contributed by atoms with Crippen LogP contribution in [0, 0.1) is 0 Å². The highest BCUT2D eigenvalue weighted by molar-refractivity contribution is 4.80. The summed E-state index contributed by atoms with van der Waals surface area (Å²) in [6, 6.07) is 0.141. The summed E-state index contributed by atoms with van der Waals surface area (Å²) in [5.41, 5.74) is 0. The van der Waals surface area contributed by atoms with E-state index in [9.17, 15) is 5.11 Å². The van der Waals surface area contributed by atoms with Crippen LogP contribution in [0.4, 0.5) is 0 Å². The lowest BCUT2D eigenvalue weighted by Gasteiger charge is -2.15. The first-order chi connectivity index (χ1) is 6.20. The van der Waals surface area contributed by atoms with Crippen LogP contribution >= 0.6 is 0 Å². The molecule has 0 aliphatic carbocycles. The van der Waals surface area contributed by atoms with Crippen molar-refractivity contribution in [1.29, 1.82) is 0 Å². The zero-order valence-electron chi connectivity index (χ0n) is 8.49. The average Bonchev–Trinajstić information content (AvgIpc) is 2.45. The second-order valence-electron chi connectivity index (χ2n) is 3.82. The molecule has 0 amide bonds. The maximum atomic E-state index is 9.40. The van der Waals surface area contributed by atoms with Crippen molar-refractivity contribution < 1.29 is 9.84 Å². The Morgan fingerprint density at radius 2 is 2.23 bits per heavy atom. The quantitative estimate of drug-likeness (QED) is 0.559. The molecule has 0 saturated carbocycles. The molecule has 4 nitrogen and oxygen atoms in total. The van der Waals surface area contributed by atoms with E-state index in [1.807, 2.05) is 0 Å². The number of rotatable bonds is 5. The van der Waals surface area contributed by atoms with Crippen molar-refractivity contribution in [1.82, 2.24) is 10.2 Å². The normalized spacial score (nSPS) is 28.6. The molecule has 4 heteroatoms. The predicted octanol–water partition coefficient (Wildman–Crippen LogP) is -0.713. The van der Waals surface area contributed by atoms with E-state index in [0.717, 1.165) is 19.5 Å². The molecule has 1 heterocycles. The van der Waals surface area contributed by atoms with Crippen LogP contribution in [0.25, 0.3) is 0 Å². The number of nitrogens with one attached hydrogen (secondary N) is 1. The van der Waals surface area contributed by atoms with Gasteiger partial charge in [0.2, 0.25) is 0 Å². The molecular weight excluding hydrogens is 168 g/mol. The van der Waals surface area contributed by atoms with Crippen LogP contribution in [0.5, 0.6) is 0 Å². The Balaban J connectivity index is 1.99. The van der Waals surface area contributed by atoms with Gasteiger partial charge in [-0.3, -0.25) is 0 Å². The van der Waals surface area contributed by atoms with E-state index in [4.69, 9.17) is 4.74 Å². The van der Waals surface area contributed by atoms with E-state index in [2.05, 4.69) is 24.3 Å². The van der Waals surface area contributed by atoms with Crippen molar-refractivity contribution in [2.45, 2.75) is 18.6 Å². The molecule has 1 aliphatic heterocycles. The molecule has 2 N–H and O–H groups in total. The molecule has 2 atom stereocenters. The van der Waals surface area contributed by atoms with Gasteiger partial charge in [0.05, 0.1) is 25.4 Å². The third kappa shape index (κ3) is 4.04. The molecule has 1 saturated heterocycles. The van der Waals surface area contributed by atoms with Crippen LogP contribution in [0.3, 0.4) is 0 Å². The Labute approximate surface area is 79.9 Å². The van der Waals surface area contributed by atoms with Crippen molar-refractivity contribution in [3.63, 3.8) is 0 Å². The molecule has 78 valence electrons. The zero-order chi connectivity index (χ0) is 9.68. The highest BCUT2D eigenvalue weighted by atomic mass is 16.5. The molecule has 1 fully saturated rings. The first-order valence-electron chi connectivity index (χ1n) is 4.84. The summed E-state index contributed by atoms with van der Waals surface area (Å²) in [5, 5.41) is 12.7. The smallest absolute Gasteiger partial charge is 0.0948 e. The first-order valence-corrected chi connectivity index (χ1v) is 4.84. The molecule has 1 rings (SSSR count). The fourth-order valence-corrected chi connectivity index (χ4v) is 1.42. The zero-order valence-corrected chi connectivity index (χ0v) is 8.49. The standard InChI is InChI=1S/C9H20N2O2/c1-11(2)5-3-4-10-8-6-13-7-9(8)12/h8-10,12H,3-7H2,1-2H3/t8-,9-/m1/s1. The molecule has 0 aromatic heterocycles. The summed E-state index contributed by atoms with van der Waals surface area (Å²) < 4.78 is 5.12. The number of aliphatic hydroxyl groups excluding tert-OH is 1. The van der Waals surface area contributed by atoms with E-state index in [0.29, 0.717) is 13.2 Å². The fourth-order valence-electron chi connectivity index (χ4n) is 1.42. The monoisotopic (exact) mass is 188 g/mol. The molecule has 0 spiro atoms. The minimum atomic E-state index is -0.320. The number of nitrogens with zero attached hydrogens (tertiary/aromatic N) is 1. The Hall–Kier alpha value is -0.160. The summed E-state index contributed by atoms with van der Waals surface area (Å²) in [6.07, 6.45) is 0.787. The fraction of sp³-hybridized carbons (Fsp3) is 1.00. The van der Waals surface area contributed by atoms with E-state index in [1.54, 1.807) is 0 Å². The van der Waals surface area contributed by atoms with Crippen LogP contribution < -0.4 is 5.32 Å². The maximum absolute atomic E-state index is 9.40. The number of hydrogen-bond acceptors (Lipinski definition) is 4. The van der Waals surface area contributed by atoms with Gasteiger partial charge in [-0.15, -0.1) is 0 Å². The molecular formula is C9H20N2O2. The van der Waals surface area contributed by atoms with Crippen molar-refractivity contribution in [3.8, 4) is 0 Å². The van der Waals surface area contributed by atoms with Crippen LogP contribution in [-0.4, -0.2) is 62.6 Å². The summed E-state index contributed by atoms with van der Waals surface area (Å²) in [6.45, 7) is 3.15. The largest absolute Gasteiger partial charge is 0.389 e. The van der Waals surface area contributed by atoms with Gasteiger partial charge in [-0.1, -0.05) is 0 Å². The van der Waals surface area contributed by atoms with Gasteiger partial charge in [0.25, 0.3) is 0 Å². The molecule has 0 aromatic rings. The Morgan fingerprint density at radius 1 is 1.46 bits per heavy atom. The lowest BCUT2D eigenvalue weighted by Crippen LogP contribution is -2.39. The van der Waals surface area contributed by atoms with Gasteiger partial charge in [0.15, 0.2) is 0 Å². The van der Waals surface area contributed by atoms with E-state index >= 15 is 0 Å². The van der Waals surface area contributed by atoms with Crippen LogP contribution in [0.15, 0.2) is 0 Å². The maximum Gasteiger partial charge on any atom is 0.0948 e. The van der Waals surface area contributed by atoms with Crippen molar-refractivity contribution in [3.05, 3.63) is 0 Å². The lowest BCUT2D eigenvalue weighted by molar-refractivity contribution is 0.122. The van der Waals surface area contributed by atoms with Crippen LogP contribution in [0.1, 0.15) is 6.42 Å². The highest BCUT2D eigenvalue weighted by Gasteiger charge is 2.24. The molecule has 1 aliphatic rings. The first kappa shape index (κ1) is 10.9. The lowest BCUT2D eigenvalue weighted by atomic mass is 10.2. The van der Waals surface area contributed by atoms with E-state index in [1.165, 1.54) is 0 Å². The van der Waals surface area contributed by atoms with Gasteiger partial charge in [-0.2, -0.15) is 0 Å². The predicted molar refractivity (Wildman–Crippen MR) is 51.8 cm³/mol. The van der Waals surface area contributed by atoms with E-state index in [-0.39, 0.29) is 12.1 Å². The second kappa shape index (κ2) is 5.54. The Morgan fingerprint density at radius 3 is 2.77 bits per heavy atom. The number of ether oxygens (including phenoxy) is 1. The van der Waals surface area contributed by atoms with Gasteiger partial charge in [-0.05, 0) is 33.6 Å². The summed E-state index contributed by atoms with van der Waals surface area (Å²) in [5.74, 6) is 0. The van der Waals surface area contributed by atoms with Crippen molar-refractivity contribution in [2.24, 2.45) is 0 Å². The highest BCUT2D eigenvalue weighted by Crippen LogP contribution is 2.04. The van der Waals surface area contributed by atoms with Gasteiger partial charge in [0.1, 0.15) is 0 Å². The minimum absolute atomic E-state index is 0.141. The Kier molecular flexibility index (Phi) is 4.66. The van der Waals surface area contributed by atoms with Crippen molar-refractivity contribution >= 4 is 0 Å². The van der Waals surface area contributed by atoms with Crippen LogP contribution in [-0.2, 0) is 4.74 Å². The molecule has 0 bridgehead atoms. The topological polar surface area (TPSA) is 44.7 Å². The molecule has 13 heavy (non-hydrogen) atoms. The summed E-state index contributed by atoms with van der Waals surface area (Å²) in [7, 11) is 4.13. The number of aliphatic hydroxyl groups is 1. The second-order valence-corrected chi connectivity index (χ2v) is 3.82. The van der Waals surface area contributed by atoms with Gasteiger partial charge in [-0.25, -0.2) is 0 Å². The molecule has 0 unspecified atom stereocenters. The van der Waals surface area contributed by atoms with Crippen molar-refractivity contribution in [2.75, 3.05) is 40.4 Å². The Bertz CT molecular complexity index is 142. The minimum Gasteiger partial charge on any atom is -0.389 e. The number of hydrogen-bond donors (Lipinski definition) is 2. The summed E-state index contributed by atoms with van der Waals surface area (Å²) >= 11 is 0. The third-order valence-electron chi connectivity index (χ3n) is 2.24. The van der Waals surface area contributed by atoms with Gasteiger partial charge in [0, 0.05) is 0 Å². The molecule has 0 aromatic carbocycles. The molecule has 0 radical (unpaired) electrons. The third-order valence-corrected chi connectivity index (χ3v) is 2.24. The SMILES string of the molecule is CN(C)CCCN[C@@H]1COC[C@H]1O.